The molecule has 1 rings (SSSR count). The van der Waals surface area contributed by atoms with Gasteiger partial charge in [0.2, 0.25) is 0 Å². The Morgan fingerprint density at radius 2 is 1.21 bits per heavy atom. The minimum Gasteiger partial charge on any atom is -0.748 e. The summed E-state index contributed by atoms with van der Waals surface area (Å²) in [5.41, 5.74) is 0.161. The van der Waals surface area contributed by atoms with Crippen LogP contribution in [0.25, 0.3) is 0 Å². The van der Waals surface area contributed by atoms with E-state index >= 15 is 0 Å². The fraction of sp³-hybridized carbons (Fsp3) is 0.680. The molecule has 0 aromatic heterocycles. The number of unbranched alkanes of at least 4 members (excludes halogenated alkanes) is 10. The Kier molecular flexibility index (Phi) is 19.7. The molecule has 7 nitrogen and oxygen atoms in total. The summed E-state index contributed by atoms with van der Waals surface area (Å²) in [6, 6.07) is 6.17. The Morgan fingerprint density at radius 3 is 1.65 bits per heavy atom. The summed E-state index contributed by atoms with van der Waals surface area (Å²) in [4.78, 5) is 24.7. The molecule has 0 aliphatic heterocycles. The van der Waals surface area contributed by atoms with Gasteiger partial charge in [-0.25, -0.2) is 18.0 Å². The molecule has 0 radical (unpaired) electrons. The Morgan fingerprint density at radius 1 is 0.794 bits per heavy atom. The second-order valence-electron chi connectivity index (χ2n) is 8.45. The molecule has 34 heavy (non-hydrogen) atoms. The van der Waals surface area contributed by atoms with E-state index in [4.69, 9.17) is 9.47 Å². The Balaban J connectivity index is 0.0000109. The molecule has 0 saturated carbocycles. The van der Waals surface area contributed by atoms with Crippen LogP contribution in [0.15, 0.2) is 24.3 Å². The fourth-order valence-corrected chi connectivity index (χ4v) is 3.77. The average Bonchev–Trinajstić information content (AvgIpc) is 2.78. The van der Waals surface area contributed by atoms with Gasteiger partial charge in [0.1, 0.15) is 0 Å². The smallest absolute Gasteiger partial charge is 0.748 e. The molecule has 0 amide bonds. The van der Waals surface area contributed by atoms with Crippen LogP contribution >= 0.6 is 0 Å². The van der Waals surface area contributed by atoms with Gasteiger partial charge in [0, 0.05) is 5.25 Å². The van der Waals surface area contributed by atoms with Crippen molar-refractivity contribution in [1.82, 2.24) is 0 Å². The number of esters is 2. The van der Waals surface area contributed by atoms with E-state index in [1.54, 1.807) is 12.1 Å². The molecule has 1 aromatic carbocycles. The molecule has 0 spiro atoms. The molecule has 9 heteroatoms. The third kappa shape index (κ3) is 15.0. The summed E-state index contributed by atoms with van der Waals surface area (Å²) in [6.07, 6.45) is 13.1. The maximum absolute atomic E-state index is 12.4. The van der Waals surface area contributed by atoms with Gasteiger partial charge in [-0.3, -0.25) is 0 Å². The van der Waals surface area contributed by atoms with Crippen LogP contribution < -0.4 is 51.4 Å². The summed E-state index contributed by atoms with van der Waals surface area (Å²) in [6.45, 7) is 3.54. The average molecular weight is 523 g/mol. The van der Waals surface area contributed by atoms with Gasteiger partial charge in [0.05, 0.1) is 34.5 Å². The molecule has 1 unspecified atom stereocenters. The number of rotatable bonds is 18. The van der Waals surface area contributed by atoms with E-state index in [-0.39, 0.29) is 82.1 Å². The van der Waals surface area contributed by atoms with E-state index in [1.165, 1.54) is 70.4 Å². The van der Waals surface area contributed by atoms with Gasteiger partial charge in [-0.05, 0) is 31.9 Å². The summed E-state index contributed by atoms with van der Waals surface area (Å²) < 4.78 is 43.1. The normalized spacial score (nSPS) is 12.0. The maximum atomic E-state index is 12.4. The first-order valence-electron chi connectivity index (χ1n) is 12.1. The molecule has 188 valence electrons. The minimum atomic E-state index is -4.43. The predicted molar refractivity (Wildman–Crippen MR) is 127 cm³/mol. The first-order chi connectivity index (χ1) is 15.8. The van der Waals surface area contributed by atoms with Crippen LogP contribution in [0, 0.1) is 0 Å². The molecule has 0 aliphatic carbocycles. The molecule has 0 saturated heterocycles. The topological polar surface area (TPSA) is 110 Å². The summed E-state index contributed by atoms with van der Waals surface area (Å²) in [5, 5.41) is -1.16. The summed E-state index contributed by atoms with van der Waals surface area (Å²) in [5.74, 6) is -1.35. The zero-order valence-electron chi connectivity index (χ0n) is 21.1. The number of benzene rings is 1. The molecule has 0 fully saturated rings. The van der Waals surface area contributed by atoms with E-state index in [9.17, 15) is 22.6 Å². The second kappa shape index (κ2) is 19.8. The number of ether oxygens (including phenoxy) is 2. The van der Waals surface area contributed by atoms with Crippen LogP contribution in [0.1, 0.15) is 112 Å². The van der Waals surface area contributed by atoms with Crippen molar-refractivity contribution >= 4 is 22.1 Å². The fourth-order valence-electron chi connectivity index (χ4n) is 3.39. The van der Waals surface area contributed by atoms with Crippen molar-refractivity contribution in [3.05, 3.63) is 35.4 Å². The van der Waals surface area contributed by atoms with E-state index in [0.717, 1.165) is 19.3 Å². The van der Waals surface area contributed by atoms with Gasteiger partial charge in [0.25, 0.3) is 0 Å². The van der Waals surface area contributed by atoms with E-state index < -0.39 is 27.3 Å². The minimum absolute atomic E-state index is 0. The summed E-state index contributed by atoms with van der Waals surface area (Å²) >= 11 is 0. The van der Waals surface area contributed by atoms with E-state index in [0.29, 0.717) is 0 Å². The zero-order valence-corrected chi connectivity index (χ0v) is 25.0. The Hall–Kier alpha value is -0.294. The quantitative estimate of drug-likeness (QED) is 0.126. The van der Waals surface area contributed by atoms with Crippen LogP contribution in [0.3, 0.4) is 0 Å². The number of carbonyl (C=O) groups excluding carboxylic acids is 2. The molecule has 0 aliphatic rings. The number of hydrogen-bond acceptors (Lipinski definition) is 7. The van der Waals surface area contributed by atoms with Crippen LogP contribution in [-0.4, -0.2) is 43.4 Å². The first kappa shape index (κ1) is 33.7. The van der Waals surface area contributed by atoms with Gasteiger partial charge < -0.3 is 14.0 Å². The molecule has 0 N–H and O–H groups in total. The van der Waals surface area contributed by atoms with Crippen molar-refractivity contribution in [2.45, 2.75) is 96.1 Å². The van der Waals surface area contributed by atoms with Gasteiger partial charge in [-0.1, -0.05) is 83.3 Å². The number of hydrogen-bond donors (Lipinski definition) is 0. The van der Waals surface area contributed by atoms with Gasteiger partial charge in [0.15, 0.2) is 0 Å². The van der Waals surface area contributed by atoms with Crippen LogP contribution in [0.2, 0.25) is 0 Å². The van der Waals surface area contributed by atoms with Crippen molar-refractivity contribution < 1.29 is 83.4 Å². The molecule has 1 aromatic rings. The van der Waals surface area contributed by atoms with Crippen LogP contribution in [0.5, 0.6) is 0 Å². The van der Waals surface area contributed by atoms with Crippen LogP contribution in [-0.2, 0) is 19.6 Å². The SMILES string of the molecule is CCCCCCCCCCCCCOC(=O)c1ccccc1C(=O)OCCC(C)S(=O)(=O)[O-].[K+]. The van der Waals surface area contributed by atoms with Crippen molar-refractivity contribution in [2.75, 3.05) is 13.2 Å². The first-order valence-corrected chi connectivity index (χ1v) is 13.6. The molecule has 1 atom stereocenters. The van der Waals surface area contributed by atoms with E-state index in [2.05, 4.69) is 6.92 Å². The van der Waals surface area contributed by atoms with Gasteiger partial charge in [-0.15, -0.1) is 0 Å². The van der Waals surface area contributed by atoms with Gasteiger partial charge >= 0.3 is 63.3 Å². The molecular weight excluding hydrogens is 483 g/mol. The van der Waals surface area contributed by atoms with Crippen molar-refractivity contribution in [3.8, 4) is 0 Å². The standard InChI is InChI=1S/C25H40O7S.K/c1-3-4-5-6-7-8-9-10-11-12-15-19-31-24(26)22-16-13-14-17-23(22)25(27)32-20-18-21(2)33(28,29)30;/h13-14,16-17,21H,3-12,15,18-20H2,1-2H3,(H,28,29,30);/q;+1/p-1. The third-order valence-corrected chi connectivity index (χ3v) is 6.82. The van der Waals surface area contributed by atoms with Crippen molar-refractivity contribution in [1.29, 1.82) is 0 Å². The third-order valence-electron chi connectivity index (χ3n) is 5.60. The van der Waals surface area contributed by atoms with Crippen molar-refractivity contribution in [3.63, 3.8) is 0 Å². The predicted octanol–water partition coefficient (Wildman–Crippen LogP) is 2.64. The number of carbonyl (C=O) groups is 2. The second-order valence-corrected chi connectivity index (χ2v) is 10.2. The Labute approximate surface area is 247 Å². The zero-order chi connectivity index (χ0) is 24.5. The Bertz CT molecular complexity index is 811. The van der Waals surface area contributed by atoms with Crippen molar-refractivity contribution in [2.24, 2.45) is 0 Å². The van der Waals surface area contributed by atoms with Gasteiger partial charge in [-0.2, -0.15) is 0 Å². The molecular formula is C25H39KO7S. The monoisotopic (exact) mass is 522 g/mol. The van der Waals surface area contributed by atoms with Crippen LogP contribution in [0.4, 0.5) is 0 Å². The van der Waals surface area contributed by atoms with E-state index in [1.807, 2.05) is 0 Å². The molecule has 0 heterocycles. The largest absolute Gasteiger partial charge is 1.00 e. The summed E-state index contributed by atoms with van der Waals surface area (Å²) in [7, 11) is -4.43. The maximum Gasteiger partial charge on any atom is 1.00 e. The molecule has 0 bridgehead atoms.